The number of hydrogen-bond donors (Lipinski definition) is 1. The number of carbonyl (C=O) groups is 1. The lowest BCUT2D eigenvalue weighted by atomic mass is 9.71. The average Bonchev–Trinajstić information content (AvgIpc) is 2.60. The standard InChI is InChI=1S/C21H18N2O2/c1-12-9-17(24)20-18(10-12)25-21(23)16(11-22)19(20)15-8-4-6-13-5-2-3-7-14(13)15/h2-8,12,16,19,23H,9-10H2,1H3. The quantitative estimate of drug-likeness (QED) is 0.846. The number of nitrogens with one attached hydrogen (secondary N) is 1. The zero-order valence-electron chi connectivity index (χ0n) is 14.0. The molecule has 1 aliphatic heterocycles. The van der Waals surface area contributed by atoms with E-state index in [2.05, 4.69) is 6.07 Å². The number of carbonyl (C=O) groups excluding carboxylic acids is 1. The Morgan fingerprint density at radius 1 is 1.16 bits per heavy atom. The average molecular weight is 330 g/mol. The predicted octanol–water partition coefficient (Wildman–Crippen LogP) is 4.32. The first-order valence-electron chi connectivity index (χ1n) is 8.50. The first kappa shape index (κ1) is 15.6. The maximum Gasteiger partial charge on any atom is 0.205 e. The molecule has 3 atom stereocenters. The van der Waals surface area contributed by atoms with Gasteiger partial charge in [0.25, 0.3) is 0 Å². The van der Waals surface area contributed by atoms with Crippen LogP contribution in [-0.2, 0) is 9.53 Å². The lowest BCUT2D eigenvalue weighted by Crippen LogP contribution is -2.36. The summed E-state index contributed by atoms with van der Waals surface area (Å²) in [5.41, 5.74) is 1.52. The van der Waals surface area contributed by atoms with Crippen molar-refractivity contribution >= 4 is 22.5 Å². The minimum absolute atomic E-state index is 0.0411. The van der Waals surface area contributed by atoms with Crippen molar-refractivity contribution in [3.63, 3.8) is 0 Å². The molecule has 1 aliphatic carbocycles. The van der Waals surface area contributed by atoms with E-state index in [4.69, 9.17) is 10.1 Å². The summed E-state index contributed by atoms with van der Waals surface area (Å²) < 4.78 is 5.62. The van der Waals surface area contributed by atoms with Crippen LogP contribution in [0.2, 0.25) is 0 Å². The van der Waals surface area contributed by atoms with Gasteiger partial charge in [0, 0.05) is 24.3 Å². The molecule has 25 heavy (non-hydrogen) atoms. The summed E-state index contributed by atoms with van der Waals surface area (Å²) in [5.74, 6) is -0.446. The van der Waals surface area contributed by atoms with Crippen molar-refractivity contribution in [2.75, 3.05) is 0 Å². The molecule has 1 N–H and O–H groups in total. The Bertz CT molecular complexity index is 962. The Morgan fingerprint density at radius 3 is 2.72 bits per heavy atom. The number of allylic oxidation sites excluding steroid dienone is 2. The van der Waals surface area contributed by atoms with Crippen LogP contribution in [-0.4, -0.2) is 11.7 Å². The Labute approximate surface area is 146 Å². The van der Waals surface area contributed by atoms with Gasteiger partial charge >= 0.3 is 0 Å². The van der Waals surface area contributed by atoms with Crippen molar-refractivity contribution in [2.45, 2.75) is 25.7 Å². The van der Waals surface area contributed by atoms with Crippen LogP contribution in [0, 0.1) is 28.6 Å². The van der Waals surface area contributed by atoms with E-state index < -0.39 is 11.8 Å². The van der Waals surface area contributed by atoms with E-state index in [-0.39, 0.29) is 17.6 Å². The molecule has 0 saturated carbocycles. The number of rotatable bonds is 1. The highest BCUT2D eigenvalue weighted by Gasteiger charge is 2.44. The van der Waals surface area contributed by atoms with Crippen molar-refractivity contribution in [3.05, 3.63) is 59.4 Å². The molecule has 0 amide bonds. The van der Waals surface area contributed by atoms with Crippen LogP contribution >= 0.6 is 0 Å². The number of benzene rings is 2. The monoisotopic (exact) mass is 330 g/mol. The molecule has 2 aliphatic rings. The smallest absolute Gasteiger partial charge is 0.205 e. The van der Waals surface area contributed by atoms with Gasteiger partial charge in [0.15, 0.2) is 5.78 Å². The van der Waals surface area contributed by atoms with Gasteiger partial charge in [-0.15, -0.1) is 0 Å². The fourth-order valence-corrected chi connectivity index (χ4v) is 4.03. The lowest BCUT2D eigenvalue weighted by molar-refractivity contribution is -0.117. The minimum atomic E-state index is -0.776. The largest absolute Gasteiger partial charge is 0.446 e. The molecular formula is C21H18N2O2. The summed E-state index contributed by atoms with van der Waals surface area (Å²) in [5, 5.41) is 20.0. The van der Waals surface area contributed by atoms with E-state index in [0.717, 1.165) is 16.3 Å². The second-order valence-corrected chi connectivity index (χ2v) is 6.89. The number of ketones is 1. The van der Waals surface area contributed by atoms with Gasteiger partial charge in [-0.05, 0) is 22.3 Å². The van der Waals surface area contributed by atoms with Gasteiger partial charge in [0.1, 0.15) is 11.7 Å². The molecule has 0 radical (unpaired) electrons. The summed E-state index contributed by atoms with van der Waals surface area (Å²) >= 11 is 0. The fourth-order valence-electron chi connectivity index (χ4n) is 4.03. The van der Waals surface area contributed by atoms with Gasteiger partial charge in [-0.2, -0.15) is 5.26 Å². The molecule has 4 rings (SSSR count). The molecule has 3 unspecified atom stereocenters. The first-order chi connectivity index (χ1) is 12.1. The molecule has 0 bridgehead atoms. The summed E-state index contributed by atoms with van der Waals surface area (Å²) in [6, 6.07) is 16.1. The van der Waals surface area contributed by atoms with Gasteiger partial charge in [-0.25, -0.2) is 0 Å². The highest BCUT2D eigenvalue weighted by Crippen LogP contribution is 2.46. The van der Waals surface area contributed by atoms with Gasteiger partial charge < -0.3 is 4.74 Å². The normalized spacial score (nSPS) is 26.2. The number of hydrogen-bond acceptors (Lipinski definition) is 4. The second-order valence-electron chi connectivity index (χ2n) is 6.89. The Hall–Kier alpha value is -2.93. The maximum atomic E-state index is 12.8. The molecule has 0 spiro atoms. The van der Waals surface area contributed by atoms with Gasteiger partial charge in [-0.1, -0.05) is 49.4 Å². The van der Waals surface area contributed by atoms with E-state index in [1.165, 1.54) is 0 Å². The lowest BCUT2D eigenvalue weighted by Gasteiger charge is -2.36. The Balaban J connectivity index is 1.98. The fraction of sp³-hybridized carbons (Fsp3) is 0.286. The van der Waals surface area contributed by atoms with Crippen LogP contribution < -0.4 is 0 Å². The van der Waals surface area contributed by atoms with Crippen molar-refractivity contribution in [2.24, 2.45) is 11.8 Å². The van der Waals surface area contributed by atoms with Crippen LogP contribution in [0.15, 0.2) is 53.8 Å². The maximum absolute atomic E-state index is 12.8. The summed E-state index contributed by atoms with van der Waals surface area (Å²) in [4.78, 5) is 12.8. The molecule has 124 valence electrons. The highest BCUT2D eigenvalue weighted by molar-refractivity contribution is 6.02. The molecule has 4 nitrogen and oxygen atoms in total. The second kappa shape index (κ2) is 5.86. The minimum Gasteiger partial charge on any atom is -0.446 e. The van der Waals surface area contributed by atoms with E-state index >= 15 is 0 Å². The van der Waals surface area contributed by atoms with Crippen molar-refractivity contribution < 1.29 is 9.53 Å². The van der Waals surface area contributed by atoms with E-state index in [9.17, 15) is 10.1 Å². The molecule has 2 aromatic rings. The molecule has 0 aromatic heterocycles. The third-order valence-corrected chi connectivity index (χ3v) is 5.13. The van der Waals surface area contributed by atoms with Crippen LogP contribution in [0.4, 0.5) is 0 Å². The molecule has 1 heterocycles. The van der Waals surface area contributed by atoms with Gasteiger partial charge in [0.2, 0.25) is 5.90 Å². The molecule has 4 heteroatoms. The number of nitriles is 1. The third kappa shape index (κ3) is 2.44. The summed E-state index contributed by atoms with van der Waals surface area (Å²) in [6.45, 7) is 2.01. The molecular weight excluding hydrogens is 312 g/mol. The van der Waals surface area contributed by atoms with Gasteiger partial charge in [0.05, 0.1) is 6.07 Å². The van der Waals surface area contributed by atoms with Crippen molar-refractivity contribution in [3.8, 4) is 6.07 Å². The van der Waals surface area contributed by atoms with Crippen LogP contribution in [0.3, 0.4) is 0 Å². The summed E-state index contributed by atoms with van der Waals surface area (Å²) in [6.07, 6.45) is 1.11. The number of ether oxygens (including phenoxy) is 1. The SMILES string of the molecule is CC1CC(=O)C2=C(C1)OC(=N)C(C#N)C2c1cccc2ccccc12. The number of fused-ring (bicyclic) bond motifs is 1. The van der Waals surface area contributed by atoms with Crippen LogP contribution in [0.25, 0.3) is 10.8 Å². The zero-order valence-corrected chi connectivity index (χ0v) is 14.0. The van der Waals surface area contributed by atoms with E-state index in [1.54, 1.807) is 0 Å². The first-order valence-corrected chi connectivity index (χ1v) is 8.50. The number of Topliss-reactive ketones (excluding diaryl/α,β-unsaturated/α-hetero) is 1. The summed E-state index contributed by atoms with van der Waals surface area (Å²) in [7, 11) is 0. The van der Waals surface area contributed by atoms with Gasteiger partial charge in [-0.3, -0.25) is 10.2 Å². The van der Waals surface area contributed by atoms with E-state index in [0.29, 0.717) is 24.2 Å². The van der Waals surface area contributed by atoms with Crippen LogP contribution in [0.1, 0.15) is 31.2 Å². The molecule has 2 aromatic carbocycles. The zero-order chi connectivity index (χ0) is 17.6. The predicted molar refractivity (Wildman–Crippen MR) is 95.0 cm³/mol. The Morgan fingerprint density at radius 2 is 1.92 bits per heavy atom. The van der Waals surface area contributed by atoms with E-state index in [1.807, 2.05) is 49.4 Å². The third-order valence-electron chi connectivity index (χ3n) is 5.13. The number of nitrogens with zero attached hydrogens (tertiary/aromatic N) is 1. The highest BCUT2D eigenvalue weighted by atomic mass is 16.5. The molecule has 0 saturated heterocycles. The molecule has 0 fully saturated rings. The van der Waals surface area contributed by atoms with Crippen molar-refractivity contribution in [1.29, 1.82) is 10.7 Å². The van der Waals surface area contributed by atoms with Crippen LogP contribution in [0.5, 0.6) is 0 Å². The topological polar surface area (TPSA) is 73.9 Å². The Kier molecular flexibility index (Phi) is 3.65. The van der Waals surface area contributed by atoms with Crippen molar-refractivity contribution in [1.82, 2.24) is 0 Å².